The maximum absolute atomic E-state index is 8.72. The molecule has 0 radical (unpaired) electrons. The van der Waals surface area contributed by atoms with Gasteiger partial charge in [0.05, 0.1) is 0 Å². The van der Waals surface area contributed by atoms with Gasteiger partial charge in [0.2, 0.25) is 0 Å². The molecule has 7 heteroatoms. The Morgan fingerprint density at radius 3 is 2.23 bits per heavy atom. The van der Waals surface area contributed by atoms with Crippen LogP contribution < -0.4 is 0 Å². The summed E-state index contributed by atoms with van der Waals surface area (Å²) in [6.45, 7) is 2.09. The molecule has 0 fully saturated rings. The topological polar surface area (TPSA) is 80.9 Å². The summed E-state index contributed by atoms with van der Waals surface area (Å²) in [7, 11) is 0.493. The molecule has 0 aromatic rings. The zero-order valence-electron chi connectivity index (χ0n) is 7.36. The number of hydrogen-bond donors (Lipinski definition) is 4. The molecule has 0 aliphatic heterocycles. The van der Waals surface area contributed by atoms with Gasteiger partial charge in [-0.25, -0.2) is 0 Å². The van der Waals surface area contributed by atoms with Crippen molar-refractivity contribution in [3.63, 3.8) is 0 Å². The zero-order chi connectivity index (χ0) is 10.6. The standard InChI is InChI=1S/C6H16I2O4S/c1-2-6(7)4-3-5-13-8(9,10,11)12/h6,9-12H,2-5H2,1H3. The number of rotatable bonds is 6. The number of halogens is 2. The molecule has 1 unspecified atom stereocenters. The second-order valence-electron chi connectivity index (χ2n) is 2.69. The van der Waals surface area contributed by atoms with Crippen molar-refractivity contribution in [2.45, 2.75) is 30.1 Å². The van der Waals surface area contributed by atoms with E-state index in [1.165, 1.54) is 0 Å². The second-order valence-corrected chi connectivity index (χ2v) is 14.8. The molecular weight excluding hydrogens is 422 g/mol. The van der Waals surface area contributed by atoms with Crippen molar-refractivity contribution in [1.29, 1.82) is 0 Å². The van der Waals surface area contributed by atoms with Gasteiger partial charge in [-0.05, 0) is 0 Å². The van der Waals surface area contributed by atoms with Crippen LogP contribution in [0.5, 0.6) is 0 Å². The first-order chi connectivity index (χ1) is 5.71. The van der Waals surface area contributed by atoms with Crippen LogP contribution in [0.15, 0.2) is 0 Å². The summed E-state index contributed by atoms with van der Waals surface area (Å²) in [6, 6.07) is 0. The van der Waals surface area contributed by atoms with Crippen LogP contribution in [-0.4, -0.2) is 23.4 Å². The molecule has 0 aromatic heterocycles. The third kappa shape index (κ3) is 11.6. The van der Waals surface area contributed by atoms with Gasteiger partial charge in [0.1, 0.15) is 0 Å². The molecule has 13 heavy (non-hydrogen) atoms. The Morgan fingerprint density at radius 1 is 1.31 bits per heavy atom. The second kappa shape index (κ2) is 5.66. The Kier molecular flexibility index (Phi) is 6.38. The quantitative estimate of drug-likeness (QED) is 0.289. The summed E-state index contributed by atoms with van der Waals surface area (Å²) in [6.07, 6.45) is 2.81. The van der Waals surface area contributed by atoms with Crippen LogP contribution in [0.3, 0.4) is 0 Å². The van der Waals surface area contributed by atoms with Crippen molar-refractivity contribution in [3.05, 3.63) is 0 Å². The molecule has 0 saturated carbocycles. The fourth-order valence-corrected chi connectivity index (χ4v) is 4.99. The molecule has 0 heterocycles. The first kappa shape index (κ1) is 14.6. The number of alkyl halides is 1. The summed E-state index contributed by atoms with van der Waals surface area (Å²) >= 11 is -3.52. The van der Waals surface area contributed by atoms with Crippen LogP contribution in [0.2, 0.25) is 0 Å². The maximum atomic E-state index is 8.72. The summed E-state index contributed by atoms with van der Waals surface area (Å²) in [5.41, 5.74) is 0. The Hall–Kier alpha value is 1.65. The molecule has 0 aliphatic carbocycles. The van der Waals surface area contributed by atoms with Crippen molar-refractivity contribution in [2.24, 2.45) is 0 Å². The first-order valence-corrected chi connectivity index (χ1v) is 12.5. The molecule has 0 spiro atoms. The van der Waals surface area contributed by atoms with E-state index in [1.807, 2.05) is 0 Å². The van der Waals surface area contributed by atoms with Crippen molar-refractivity contribution in [3.8, 4) is 0 Å². The van der Waals surface area contributed by atoms with Crippen LogP contribution in [0.1, 0.15) is 26.2 Å². The molecule has 0 bridgehead atoms. The van der Waals surface area contributed by atoms with Crippen LogP contribution in [0, 0.1) is 0 Å². The molecule has 4 N–H and O–H groups in total. The van der Waals surface area contributed by atoms with E-state index in [9.17, 15) is 0 Å². The van der Waals surface area contributed by atoms with Crippen molar-refractivity contribution < 1.29 is 13.7 Å². The predicted octanol–water partition coefficient (Wildman–Crippen LogP) is 1.84. The van der Waals surface area contributed by atoms with E-state index in [1.54, 1.807) is 0 Å². The van der Waals surface area contributed by atoms with Gasteiger partial charge in [0.25, 0.3) is 0 Å². The van der Waals surface area contributed by atoms with Crippen molar-refractivity contribution >= 4 is 48.8 Å². The Morgan fingerprint density at radius 2 is 1.85 bits per heavy atom. The predicted molar refractivity (Wildman–Crippen MR) is 72.7 cm³/mol. The normalized spacial score (nSPS) is 17.8. The fourth-order valence-electron chi connectivity index (χ4n) is 0.702. The van der Waals surface area contributed by atoms with Gasteiger partial charge in [-0.2, -0.15) is 0 Å². The van der Waals surface area contributed by atoms with E-state index >= 15 is 0 Å². The van der Waals surface area contributed by atoms with Gasteiger partial charge in [0.15, 0.2) is 0 Å². The SMILES string of the molecule is CCC(I)CCCSI(O)(O)(O)O. The van der Waals surface area contributed by atoms with Gasteiger partial charge in [-0.15, -0.1) is 0 Å². The summed E-state index contributed by atoms with van der Waals surface area (Å²) in [5, 5.41) is 0. The minimum absolute atomic E-state index is 0.383. The van der Waals surface area contributed by atoms with Gasteiger partial charge < -0.3 is 0 Å². The molecule has 0 saturated heterocycles. The average Bonchev–Trinajstić information content (AvgIpc) is 1.94. The Bertz CT molecular complexity index is 149. The molecule has 4 nitrogen and oxygen atoms in total. The van der Waals surface area contributed by atoms with E-state index in [0.717, 1.165) is 19.3 Å². The van der Waals surface area contributed by atoms with Gasteiger partial charge in [-0.1, -0.05) is 0 Å². The summed E-state index contributed by atoms with van der Waals surface area (Å²) in [4.78, 5) is 0. The molecule has 1 atom stereocenters. The van der Waals surface area contributed by atoms with Crippen LogP contribution >= 0.6 is 48.8 Å². The Labute approximate surface area is 97.5 Å². The third-order valence-electron chi connectivity index (χ3n) is 1.38. The fraction of sp³-hybridized carbons (Fsp3) is 1.00. The molecule has 84 valence electrons. The molecule has 0 aromatic carbocycles. The minimum atomic E-state index is -5.84. The van der Waals surface area contributed by atoms with Gasteiger partial charge >= 0.3 is 98.5 Å². The van der Waals surface area contributed by atoms with Gasteiger partial charge in [0, 0.05) is 0 Å². The van der Waals surface area contributed by atoms with E-state index in [0.29, 0.717) is 18.6 Å². The number of hydrogen-bond acceptors (Lipinski definition) is 5. The summed E-state index contributed by atoms with van der Waals surface area (Å²) in [5.74, 6) is 0.383. The van der Waals surface area contributed by atoms with Crippen LogP contribution in [0.25, 0.3) is 0 Å². The first-order valence-electron chi connectivity index (χ1n) is 3.86. The average molecular weight is 438 g/mol. The zero-order valence-corrected chi connectivity index (χ0v) is 12.5. The molecule has 0 aliphatic rings. The van der Waals surface area contributed by atoms with E-state index in [-0.39, 0.29) is 0 Å². The molecular formula is C6H16I2O4S. The van der Waals surface area contributed by atoms with E-state index in [2.05, 4.69) is 29.5 Å². The van der Waals surface area contributed by atoms with Crippen molar-refractivity contribution in [1.82, 2.24) is 0 Å². The Balaban J connectivity index is 3.48. The monoisotopic (exact) mass is 438 g/mol. The summed E-state index contributed by atoms with van der Waals surface area (Å²) < 4.78 is 35.4. The van der Waals surface area contributed by atoms with E-state index in [4.69, 9.17) is 13.7 Å². The third-order valence-corrected chi connectivity index (χ3v) is 8.38. The van der Waals surface area contributed by atoms with Gasteiger partial charge in [-0.3, -0.25) is 0 Å². The van der Waals surface area contributed by atoms with Crippen molar-refractivity contribution in [2.75, 3.05) is 5.75 Å². The molecule has 0 amide bonds. The van der Waals surface area contributed by atoms with Crippen LogP contribution in [0.4, 0.5) is 0 Å². The molecule has 0 rings (SSSR count). The van der Waals surface area contributed by atoms with Crippen LogP contribution in [-0.2, 0) is 0 Å². The van der Waals surface area contributed by atoms with E-state index < -0.39 is 17.3 Å².